The Morgan fingerprint density at radius 2 is 1.92 bits per heavy atom. The molecule has 1 saturated heterocycles. The van der Waals surface area contributed by atoms with Crippen molar-refractivity contribution in [2.45, 2.75) is 43.3 Å². The Hall–Kier alpha value is -0.900. The molecule has 0 bridgehead atoms. The van der Waals surface area contributed by atoms with E-state index in [1.807, 2.05) is 6.92 Å². The Bertz CT molecular complexity index is 617. The third-order valence-corrected chi connectivity index (χ3v) is 5.73. The molecule has 2 rings (SSSR count). The molecule has 0 saturated carbocycles. The highest BCUT2D eigenvalue weighted by Crippen LogP contribution is 2.29. The fraction of sp³-hybridized carbons (Fsp3) is 0.643. The lowest BCUT2D eigenvalue weighted by Crippen LogP contribution is -2.46. The van der Waals surface area contributed by atoms with E-state index in [0.29, 0.717) is 31.9 Å². The summed E-state index contributed by atoms with van der Waals surface area (Å²) in [5, 5.41) is 3.17. The van der Waals surface area contributed by atoms with Crippen LogP contribution >= 0.6 is 12.4 Å². The minimum absolute atomic E-state index is 0. The number of halogens is 4. The maximum Gasteiger partial charge on any atom is 0.433 e. The van der Waals surface area contributed by atoms with Gasteiger partial charge in [-0.05, 0) is 44.5 Å². The van der Waals surface area contributed by atoms with Crippen molar-refractivity contribution in [3.8, 4) is 0 Å². The van der Waals surface area contributed by atoms with Gasteiger partial charge in [-0.15, -0.1) is 12.4 Å². The van der Waals surface area contributed by atoms with Crippen LogP contribution < -0.4 is 5.32 Å². The fourth-order valence-corrected chi connectivity index (χ4v) is 4.37. The van der Waals surface area contributed by atoms with E-state index in [-0.39, 0.29) is 23.3 Å². The summed E-state index contributed by atoms with van der Waals surface area (Å²) >= 11 is 0. The summed E-state index contributed by atoms with van der Waals surface area (Å²) in [5.41, 5.74) is -1.10. The van der Waals surface area contributed by atoms with Crippen LogP contribution in [0.4, 0.5) is 13.2 Å². The number of hydrogen-bond acceptors (Lipinski definition) is 4. The quantitative estimate of drug-likeness (QED) is 0.843. The van der Waals surface area contributed by atoms with Crippen molar-refractivity contribution >= 4 is 22.4 Å². The Morgan fingerprint density at radius 3 is 2.38 bits per heavy atom. The number of hydrogen-bond donors (Lipinski definition) is 1. The summed E-state index contributed by atoms with van der Waals surface area (Å²) in [6.07, 6.45) is -1.78. The number of rotatable bonds is 5. The van der Waals surface area contributed by atoms with Crippen LogP contribution in [0.5, 0.6) is 0 Å². The molecule has 0 aliphatic carbocycles. The van der Waals surface area contributed by atoms with Crippen molar-refractivity contribution in [1.82, 2.24) is 14.6 Å². The molecule has 1 N–H and O–H groups in total. The number of piperidine rings is 1. The smallest absolute Gasteiger partial charge is 0.317 e. The van der Waals surface area contributed by atoms with Crippen molar-refractivity contribution in [2.24, 2.45) is 0 Å². The average molecular weight is 388 g/mol. The molecule has 10 heteroatoms. The number of nitrogens with one attached hydrogen (secondary N) is 1. The Labute approximate surface area is 146 Å². The highest BCUT2D eigenvalue weighted by Gasteiger charge is 2.35. The summed E-state index contributed by atoms with van der Waals surface area (Å²) in [7, 11) is -3.85. The van der Waals surface area contributed by atoms with Crippen LogP contribution in [0, 0.1) is 0 Å². The van der Waals surface area contributed by atoms with Gasteiger partial charge >= 0.3 is 6.18 Å². The second kappa shape index (κ2) is 8.46. The van der Waals surface area contributed by atoms with Crippen molar-refractivity contribution in [2.75, 3.05) is 19.6 Å². The van der Waals surface area contributed by atoms with Gasteiger partial charge in [-0.1, -0.05) is 6.92 Å². The van der Waals surface area contributed by atoms with Gasteiger partial charge in [0.15, 0.2) is 0 Å². The molecule has 1 aromatic heterocycles. The van der Waals surface area contributed by atoms with Crippen LogP contribution in [0.25, 0.3) is 0 Å². The van der Waals surface area contributed by atoms with Crippen LogP contribution in [0.2, 0.25) is 0 Å². The Morgan fingerprint density at radius 1 is 1.29 bits per heavy atom. The third-order valence-electron chi connectivity index (χ3n) is 3.79. The molecule has 0 unspecified atom stereocenters. The highest BCUT2D eigenvalue weighted by atomic mass is 35.5. The predicted octanol–water partition coefficient (Wildman–Crippen LogP) is 2.67. The summed E-state index contributed by atoms with van der Waals surface area (Å²) in [4.78, 5) is 3.06. The standard InChI is InChI=1S/C14H20F3N3O2S.ClH/c1-2-9-20(11-5-7-18-8-6-11)23(21,22)12-3-4-13(19-10-12)14(15,16)17;/h3-4,10-11,18H,2,5-9H2,1H3;1H. The van der Waals surface area contributed by atoms with Gasteiger partial charge in [-0.25, -0.2) is 8.42 Å². The first-order valence-electron chi connectivity index (χ1n) is 7.52. The van der Waals surface area contributed by atoms with E-state index in [9.17, 15) is 21.6 Å². The Balaban J connectivity index is 0.00000288. The third kappa shape index (κ3) is 4.81. The number of aromatic nitrogens is 1. The molecule has 1 aliphatic heterocycles. The van der Waals surface area contributed by atoms with Crippen molar-refractivity contribution in [3.05, 3.63) is 24.0 Å². The monoisotopic (exact) mass is 387 g/mol. The number of sulfonamides is 1. The second-order valence-electron chi connectivity index (χ2n) is 5.47. The maximum absolute atomic E-state index is 12.8. The molecule has 138 valence electrons. The van der Waals surface area contributed by atoms with Crippen LogP contribution in [0.15, 0.2) is 23.2 Å². The number of alkyl halides is 3. The molecule has 1 aromatic rings. The van der Waals surface area contributed by atoms with E-state index in [1.165, 1.54) is 4.31 Å². The van der Waals surface area contributed by atoms with Gasteiger partial charge < -0.3 is 5.32 Å². The second-order valence-corrected chi connectivity index (χ2v) is 7.36. The zero-order valence-corrected chi connectivity index (χ0v) is 14.8. The molecule has 0 atom stereocenters. The first-order chi connectivity index (χ1) is 10.8. The first-order valence-corrected chi connectivity index (χ1v) is 8.96. The highest BCUT2D eigenvalue weighted by molar-refractivity contribution is 7.89. The van der Waals surface area contributed by atoms with E-state index in [0.717, 1.165) is 25.4 Å². The first kappa shape index (κ1) is 21.1. The Kier molecular flexibility index (Phi) is 7.45. The molecule has 1 aliphatic rings. The van der Waals surface area contributed by atoms with E-state index < -0.39 is 21.9 Å². The number of nitrogens with zero attached hydrogens (tertiary/aromatic N) is 2. The predicted molar refractivity (Wildman–Crippen MR) is 86.6 cm³/mol. The fourth-order valence-electron chi connectivity index (χ4n) is 2.65. The summed E-state index contributed by atoms with van der Waals surface area (Å²) < 4.78 is 64.6. The molecular weight excluding hydrogens is 367 g/mol. The SMILES string of the molecule is CCCN(C1CCNCC1)S(=O)(=O)c1ccc(C(F)(F)F)nc1.Cl. The zero-order chi connectivity index (χ0) is 17.1. The van der Waals surface area contributed by atoms with Crippen molar-refractivity contribution in [3.63, 3.8) is 0 Å². The van der Waals surface area contributed by atoms with E-state index in [4.69, 9.17) is 0 Å². The molecule has 24 heavy (non-hydrogen) atoms. The molecule has 2 heterocycles. The summed E-state index contributed by atoms with van der Waals surface area (Å²) in [6, 6.07) is 1.55. The molecule has 0 radical (unpaired) electrons. The minimum Gasteiger partial charge on any atom is -0.317 e. The van der Waals surface area contributed by atoms with Crippen LogP contribution in [-0.4, -0.2) is 43.4 Å². The van der Waals surface area contributed by atoms with Gasteiger partial charge in [0.05, 0.1) is 0 Å². The normalized spacial score (nSPS) is 16.9. The van der Waals surface area contributed by atoms with Crippen molar-refractivity contribution in [1.29, 1.82) is 0 Å². The molecule has 0 aromatic carbocycles. The van der Waals surface area contributed by atoms with E-state index in [1.54, 1.807) is 0 Å². The van der Waals surface area contributed by atoms with E-state index in [2.05, 4.69) is 10.3 Å². The molecule has 0 spiro atoms. The summed E-state index contributed by atoms with van der Waals surface area (Å²) in [5.74, 6) is 0. The molecule has 5 nitrogen and oxygen atoms in total. The van der Waals surface area contributed by atoms with Gasteiger partial charge in [0.25, 0.3) is 0 Å². The number of pyridine rings is 1. The molecule has 1 fully saturated rings. The van der Waals surface area contributed by atoms with Crippen LogP contribution in [0.1, 0.15) is 31.9 Å². The lowest BCUT2D eigenvalue weighted by atomic mass is 10.1. The van der Waals surface area contributed by atoms with Crippen LogP contribution in [-0.2, 0) is 16.2 Å². The van der Waals surface area contributed by atoms with Crippen molar-refractivity contribution < 1.29 is 21.6 Å². The van der Waals surface area contributed by atoms with Gasteiger partial charge in [0.2, 0.25) is 10.0 Å². The average Bonchev–Trinajstić information content (AvgIpc) is 2.52. The minimum atomic E-state index is -4.58. The summed E-state index contributed by atoms with van der Waals surface area (Å²) in [6.45, 7) is 3.67. The lowest BCUT2D eigenvalue weighted by molar-refractivity contribution is -0.141. The van der Waals surface area contributed by atoms with Gasteiger partial charge in [-0.3, -0.25) is 4.98 Å². The van der Waals surface area contributed by atoms with Crippen LogP contribution in [0.3, 0.4) is 0 Å². The van der Waals surface area contributed by atoms with Gasteiger partial charge in [0.1, 0.15) is 10.6 Å². The maximum atomic E-state index is 12.8. The molecule has 0 amide bonds. The zero-order valence-electron chi connectivity index (χ0n) is 13.2. The lowest BCUT2D eigenvalue weighted by Gasteiger charge is -2.33. The van der Waals surface area contributed by atoms with Gasteiger partial charge in [0, 0.05) is 18.8 Å². The van der Waals surface area contributed by atoms with E-state index >= 15 is 0 Å². The topological polar surface area (TPSA) is 62.3 Å². The molecular formula is C14H21ClF3N3O2S. The van der Waals surface area contributed by atoms with Gasteiger partial charge in [-0.2, -0.15) is 17.5 Å². The largest absolute Gasteiger partial charge is 0.433 e.